The van der Waals surface area contributed by atoms with Crippen molar-refractivity contribution in [1.29, 1.82) is 0 Å². The largest absolute Gasteiger partial charge is 0.315 e. The minimum absolute atomic E-state index is 0.956. The monoisotopic (exact) mass is 203 g/mol. The standard InChI is InChI=1S/C12H13NS/c1-13-9-11-7-8-12(14-11)10-5-3-2-4-6-10/h2-8,13H,9H2,1H3. The Bertz CT molecular complexity index is 392. The summed E-state index contributed by atoms with van der Waals surface area (Å²) in [6.07, 6.45) is 0. The molecule has 0 aliphatic heterocycles. The van der Waals surface area contributed by atoms with Crippen LogP contribution in [0.15, 0.2) is 42.5 Å². The molecule has 2 aromatic rings. The molecule has 0 saturated heterocycles. The van der Waals surface area contributed by atoms with Gasteiger partial charge in [0.2, 0.25) is 0 Å². The topological polar surface area (TPSA) is 12.0 Å². The average Bonchev–Trinajstić information content (AvgIpc) is 2.68. The van der Waals surface area contributed by atoms with Crippen molar-refractivity contribution < 1.29 is 0 Å². The molecule has 0 fully saturated rings. The van der Waals surface area contributed by atoms with Crippen molar-refractivity contribution in [3.63, 3.8) is 0 Å². The van der Waals surface area contributed by atoms with Gasteiger partial charge in [-0.25, -0.2) is 0 Å². The van der Waals surface area contributed by atoms with Gasteiger partial charge in [0.15, 0.2) is 0 Å². The van der Waals surface area contributed by atoms with Crippen LogP contribution < -0.4 is 5.32 Å². The third kappa shape index (κ3) is 2.03. The summed E-state index contributed by atoms with van der Waals surface area (Å²) < 4.78 is 0. The van der Waals surface area contributed by atoms with E-state index in [1.54, 1.807) is 0 Å². The molecule has 0 aliphatic carbocycles. The van der Waals surface area contributed by atoms with Gasteiger partial charge in [-0.05, 0) is 24.7 Å². The molecule has 0 amide bonds. The smallest absolute Gasteiger partial charge is 0.0346 e. The van der Waals surface area contributed by atoms with Crippen molar-refractivity contribution in [3.05, 3.63) is 47.3 Å². The lowest BCUT2D eigenvalue weighted by Gasteiger charge is -1.95. The number of thiophene rings is 1. The van der Waals surface area contributed by atoms with Gasteiger partial charge in [-0.1, -0.05) is 30.3 Å². The van der Waals surface area contributed by atoms with Gasteiger partial charge in [-0.3, -0.25) is 0 Å². The number of benzene rings is 1. The summed E-state index contributed by atoms with van der Waals surface area (Å²) in [7, 11) is 1.97. The molecule has 2 heteroatoms. The molecule has 1 aromatic heterocycles. The lowest BCUT2D eigenvalue weighted by molar-refractivity contribution is 0.831. The molecular formula is C12H13NS. The molecule has 72 valence electrons. The summed E-state index contributed by atoms with van der Waals surface area (Å²) in [5.41, 5.74) is 1.31. The minimum atomic E-state index is 0.956. The van der Waals surface area contributed by atoms with Crippen LogP contribution in [0.5, 0.6) is 0 Å². The zero-order valence-corrected chi connectivity index (χ0v) is 8.97. The highest BCUT2D eigenvalue weighted by Crippen LogP contribution is 2.27. The van der Waals surface area contributed by atoms with Gasteiger partial charge in [0.1, 0.15) is 0 Å². The Balaban J connectivity index is 2.25. The van der Waals surface area contributed by atoms with E-state index in [9.17, 15) is 0 Å². The number of rotatable bonds is 3. The Kier molecular flexibility index (Phi) is 2.96. The fourth-order valence-corrected chi connectivity index (χ4v) is 2.43. The van der Waals surface area contributed by atoms with Crippen molar-refractivity contribution in [1.82, 2.24) is 5.32 Å². The van der Waals surface area contributed by atoms with Crippen molar-refractivity contribution in [3.8, 4) is 10.4 Å². The van der Waals surface area contributed by atoms with Gasteiger partial charge >= 0.3 is 0 Å². The molecule has 0 unspecified atom stereocenters. The summed E-state index contributed by atoms with van der Waals surface area (Å²) in [5, 5.41) is 3.16. The number of hydrogen-bond acceptors (Lipinski definition) is 2. The van der Waals surface area contributed by atoms with Crippen LogP contribution in [0.25, 0.3) is 10.4 Å². The van der Waals surface area contributed by atoms with Gasteiger partial charge in [0.25, 0.3) is 0 Å². The van der Waals surface area contributed by atoms with Crippen molar-refractivity contribution in [2.24, 2.45) is 0 Å². The lowest BCUT2D eigenvalue weighted by atomic mass is 10.2. The molecular weight excluding hydrogens is 190 g/mol. The Hall–Kier alpha value is -1.12. The molecule has 0 saturated carbocycles. The third-order valence-electron chi connectivity index (χ3n) is 2.07. The van der Waals surface area contributed by atoms with E-state index < -0.39 is 0 Å². The maximum Gasteiger partial charge on any atom is 0.0346 e. The summed E-state index contributed by atoms with van der Waals surface area (Å²) in [5.74, 6) is 0. The maximum absolute atomic E-state index is 3.16. The Morgan fingerprint density at radius 2 is 1.86 bits per heavy atom. The van der Waals surface area contributed by atoms with Gasteiger partial charge in [-0.2, -0.15) is 0 Å². The maximum atomic E-state index is 3.16. The molecule has 0 radical (unpaired) electrons. The first-order chi connectivity index (χ1) is 6.90. The Morgan fingerprint density at radius 3 is 2.57 bits per heavy atom. The average molecular weight is 203 g/mol. The normalized spacial score (nSPS) is 10.4. The number of nitrogens with one attached hydrogen (secondary N) is 1. The van der Waals surface area contributed by atoms with E-state index in [1.165, 1.54) is 15.3 Å². The van der Waals surface area contributed by atoms with E-state index in [0.29, 0.717) is 0 Å². The summed E-state index contributed by atoms with van der Waals surface area (Å²) in [4.78, 5) is 2.72. The van der Waals surface area contributed by atoms with E-state index in [0.717, 1.165) is 6.54 Å². The summed E-state index contributed by atoms with van der Waals surface area (Å²) in [6.45, 7) is 0.956. The SMILES string of the molecule is CNCc1ccc(-c2ccccc2)s1. The van der Waals surface area contributed by atoms with Crippen LogP contribution in [0.4, 0.5) is 0 Å². The van der Waals surface area contributed by atoms with E-state index in [4.69, 9.17) is 0 Å². The predicted octanol–water partition coefficient (Wildman–Crippen LogP) is 3.13. The molecule has 0 spiro atoms. The second kappa shape index (κ2) is 4.40. The minimum Gasteiger partial charge on any atom is -0.315 e. The molecule has 0 atom stereocenters. The van der Waals surface area contributed by atoms with Crippen LogP contribution in [-0.4, -0.2) is 7.05 Å². The van der Waals surface area contributed by atoms with E-state index in [1.807, 2.05) is 24.5 Å². The van der Waals surface area contributed by atoms with Crippen LogP contribution in [0.1, 0.15) is 4.88 Å². The van der Waals surface area contributed by atoms with Gasteiger partial charge in [-0.15, -0.1) is 11.3 Å². The highest BCUT2D eigenvalue weighted by Gasteiger charge is 2.00. The molecule has 0 aliphatic rings. The molecule has 1 aromatic carbocycles. The van der Waals surface area contributed by atoms with E-state index in [2.05, 4.69) is 41.7 Å². The molecule has 1 N–H and O–H groups in total. The van der Waals surface area contributed by atoms with Crippen molar-refractivity contribution in [2.45, 2.75) is 6.54 Å². The van der Waals surface area contributed by atoms with E-state index >= 15 is 0 Å². The second-order valence-corrected chi connectivity index (χ2v) is 4.33. The first kappa shape index (κ1) is 9.44. The van der Waals surface area contributed by atoms with E-state index in [-0.39, 0.29) is 0 Å². The van der Waals surface area contributed by atoms with Gasteiger partial charge in [0.05, 0.1) is 0 Å². The highest BCUT2D eigenvalue weighted by molar-refractivity contribution is 7.15. The zero-order valence-electron chi connectivity index (χ0n) is 8.16. The second-order valence-electron chi connectivity index (χ2n) is 3.16. The quantitative estimate of drug-likeness (QED) is 0.808. The fraction of sp³-hybridized carbons (Fsp3) is 0.167. The first-order valence-corrected chi connectivity index (χ1v) is 5.50. The molecule has 2 rings (SSSR count). The van der Waals surface area contributed by atoms with Crippen LogP contribution in [0.3, 0.4) is 0 Å². The third-order valence-corrected chi connectivity index (χ3v) is 3.21. The van der Waals surface area contributed by atoms with Crippen molar-refractivity contribution in [2.75, 3.05) is 7.05 Å². The van der Waals surface area contributed by atoms with Crippen LogP contribution in [0.2, 0.25) is 0 Å². The molecule has 1 heterocycles. The molecule has 0 bridgehead atoms. The predicted molar refractivity (Wildman–Crippen MR) is 62.5 cm³/mol. The van der Waals surface area contributed by atoms with Crippen LogP contribution >= 0.6 is 11.3 Å². The molecule has 1 nitrogen and oxygen atoms in total. The van der Waals surface area contributed by atoms with Gasteiger partial charge in [0, 0.05) is 16.3 Å². The van der Waals surface area contributed by atoms with Crippen LogP contribution in [-0.2, 0) is 6.54 Å². The molecule has 14 heavy (non-hydrogen) atoms. The summed E-state index contributed by atoms with van der Waals surface area (Å²) >= 11 is 1.85. The fourth-order valence-electron chi connectivity index (χ4n) is 1.40. The summed E-state index contributed by atoms with van der Waals surface area (Å²) in [6, 6.07) is 14.9. The zero-order chi connectivity index (χ0) is 9.80. The Labute approximate surface area is 88.4 Å². The lowest BCUT2D eigenvalue weighted by Crippen LogP contribution is -2.02. The van der Waals surface area contributed by atoms with Gasteiger partial charge < -0.3 is 5.32 Å². The Morgan fingerprint density at radius 1 is 1.07 bits per heavy atom. The number of hydrogen-bond donors (Lipinski definition) is 1. The van der Waals surface area contributed by atoms with Crippen LogP contribution in [0, 0.1) is 0 Å². The van der Waals surface area contributed by atoms with Crippen molar-refractivity contribution >= 4 is 11.3 Å². The highest BCUT2D eigenvalue weighted by atomic mass is 32.1. The first-order valence-electron chi connectivity index (χ1n) is 4.69.